The second-order valence-corrected chi connectivity index (χ2v) is 7.35. The van der Waals surface area contributed by atoms with Gasteiger partial charge in [0.05, 0.1) is 0 Å². The van der Waals surface area contributed by atoms with Crippen LogP contribution in [0.5, 0.6) is 0 Å². The van der Waals surface area contributed by atoms with Crippen LogP contribution in [0.25, 0.3) is 0 Å². The first-order valence-electron chi connectivity index (χ1n) is 10.2. The Morgan fingerprint density at radius 2 is 1.96 bits per heavy atom. The molecule has 0 radical (unpaired) electrons. The molecular weight excluding hydrogens is 465 g/mol. The lowest BCUT2D eigenvalue weighted by Gasteiger charge is -2.35. The van der Waals surface area contributed by atoms with Crippen LogP contribution in [0.1, 0.15) is 46.1 Å². The van der Waals surface area contributed by atoms with Gasteiger partial charge in [-0.2, -0.15) is 0 Å². The minimum absolute atomic E-state index is 0. The fraction of sp³-hybridized carbons (Fsp3) is 0.619. The molecule has 1 aromatic rings. The van der Waals surface area contributed by atoms with E-state index < -0.39 is 0 Å². The van der Waals surface area contributed by atoms with Crippen LogP contribution in [0.2, 0.25) is 0 Å². The monoisotopic (exact) mass is 501 g/mol. The first kappa shape index (κ1) is 24.7. The summed E-state index contributed by atoms with van der Waals surface area (Å²) >= 11 is 0. The molecule has 0 bridgehead atoms. The second-order valence-electron chi connectivity index (χ2n) is 7.35. The minimum atomic E-state index is -0.102. The summed E-state index contributed by atoms with van der Waals surface area (Å²) in [5.74, 6) is 0.619. The Morgan fingerprint density at radius 1 is 1.25 bits per heavy atom. The molecule has 6 nitrogen and oxygen atoms in total. The fourth-order valence-corrected chi connectivity index (χ4v) is 3.29. The lowest BCUT2D eigenvalue weighted by Crippen LogP contribution is -2.50. The van der Waals surface area contributed by atoms with E-state index in [1.807, 2.05) is 25.1 Å². The van der Waals surface area contributed by atoms with Crippen LogP contribution in [0, 0.1) is 0 Å². The fourth-order valence-electron chi connectivity index (χ4n) is 3.29. The number of nitrogens with zero attached hydrogens (tertiary/aromatic N) is 2. The van der Waals surface area contributed by atoms with Gasteiger partial charge in [-0.15, -0.1) is 24.0 Å². The number of carbonyl (C=O) groups is 1. The van der Waals surface area contributed by atoms with Crippen molar-refractivity contribution in [3.8, 4) is 0 Å². The number of anilines is 1. The van der Waals surface area contributed by atoms with Crippen LogP contribution < -0.4 is 16.0 Å². The molecule has 2 rings (SSSR count). The first-order chi connectivity index (χ1) is 13.0. The second kappa shape index (κ2) is 13.0. The summed E-state index contributed by atoms with van der Waals surface area (Å²) in [6.45, 7) is 11.7. The summed E-state index contributed by atoms with van der Waals surface area (Å²) < 4.78 is 0. The SMILES string of the molecule is CCNC(=NCC(=O)Nc1cccc(CC)c1)NC1CCN(C(C)C)CC1.I. The molecular formula is C21H36IN5O. The van der Waals surface area contributed by atoms with E-state index >= 15 is 0 Å². The Bertz CT molecular complexity index is 627. The van der Waals surface area contributed by atoms with Crippen LogP contribution in [0.3, 0.4) is 0 Å². The summed E-state index contributed by atoms with van der Waals surface area (Å²) in [7, 11) is 0. The predicted octanol–water partition coefficient (Wildman–Crippen LogP) is 3.23. The van der Waals surface area contributed by atoms with E-state index in [0.717, 1.165) is 50.5 Å². The normalized spacial score (nSPS) is 15.8. The minimum Gasteiger partial charge on any atom is -0.357 e. The van der Waals surface area contributed by atoms with E-state index in [9.17, 15) is 4.79 Å². The largest absolute Gasteiger partial charge is 0.357 e. The van der Waals surface area contributed by atoms with Crippen molar-refractivity contribution in [1.29, 1.82) is 0 Å². The zero-order valence-corrected chi connectivity index (χ0v) is 20.0. The molecule has 28 heavy (non-hydrogen) atoms. The van der Waals surface area contributed by atoms with E-state index in [1.54, 1.807) is 0 Å². The maximum Gasteiger partial charge on any atom is 0.246 e. The molecule has 7 heteroatoms. The van der Waals surface area contributed by atoms with Crippen molar-refractivity contribution in [2.24, 2.45) is 4.99 Å². The number of amides is 1. The Morgan fingerprint density at radius 3 is 2.57 bits per heavy atom. The highest BCUT2D eigenvalue weighted by Gasteiger charge is 2.21. The number of carbonyl (C=O) groups excluding carboxylic acids is 1. The molecule has 1 aliphatic rings. The van der Waals surface area contributed by atoms with E-state index in [0.29, 0.717) is 12.1 Å². The number of hydrogen-bond acceptors (Lipinski definition) is 3. The van der Waals surface area contributed by atoms with E-state index in [-0.39, 0.29) is 36.4 Å². The molecule has 0 atom stereocenters. The number of nitrogens with one attached hydrogen (secondary N) is 3. The summed E-state index contributed by atoms with van der Waals surface area (Å²) in [6, 6.07) is 8.95. The summed E-state index contributed by atoms with van der Waals surface area (Å²) in [4.78, 5) is 19.2. The Hall–Kier alpha value is -1.35. The average Bonchev–Trinajstić information content (AvgIpc) is 2.67. The Labute approximate surface area is 187 Å². The lowest BCUT2D eigenvalue weighted by molar-refractivity contribution is -0.114. The summed E-state index contributed by atoms with van der Waals surface area (Å²) in [5, 5.41) is 9.66. The summed E-state index contributed by atoms with van der Waals surface area (Å²) in [5.41, 5.74) is 2.03. The molecule has 0 aromatic heterocycles. The zero-order chi connectivity index (χ0) is 19.6. The number of likely N-dealkylation sites (tertiary alicyclic amines) is 1. The molecule has 158 valence electrons. The average molecular weight is 501 g/mol. The number of aryl methyl sites for hydroxylation is 1. The van der Waals surface area contributed by atoms with Crippen LogP contribution in [-0.2, 0) is 11.2 Å². The Balaban J connectivity index is 0.00000392. The van der Waals surface area contributed by atoms with Crippen molar-refractivity contribution in [2.75, 3.05) is 31.5 Å². The lowest BCUT2D eigenvalue weighted by atomic mass is 10.0. The predicted molar refractivity (Wildman–Crippen MR) is 129 cm³/mol. The molecule has 0 saturated carbocycles. The maximum absolute atomic E-state index is 12.3. The molecule has 1 saturated heterocycles. The van der Waals surface area contributed by atoms with Crippen molar-refractivity contribution in [2.45, 2.75) is 59.0 Å². The highest BCUT2D eigenvalue weighted by Crippen LogP contribution is 2.13. The molecule has 1 heterocycles. The number of piperidine rings is 1. The van der Waals surface area contributed by atoms with Crippen LogP contribution in [-0.4, -0.2) is 55.0 Å². The topological polar surface area (TPSA) is 68.8 Å². The van der Waals surface area contributed by atoms with Crippen molar-refractivity contribution >= 4 is 41.5 Å². The standard InChI is InChI=1S/C21H35N5O.HI/c1-5-17-8-7-9-19(14-17)24-20(27)15-23-21(22-6-2)25-18-10-12-26(13-11-18)16(3)4;/h7-9,14,16,18H,5-6,10-13,15H2,1-4H3,(H,24,27)(H2,22,23,25);1H. The van der Waals surface area contributed by atoms with Gasteiger partial charge >= 0.3 is 0 Å². The van der Waals surface area contributed by atoms with Gasteiger partial charge in [0.1, 0.15) is 6.54 Å². The van der Waals surface area contributed by atoms with Gasteiger partial charge in [0.15, 0.2) is 5.96 Å². The third-order valence-corrected chi connectivity index (χ3v) is 4.94. The van der Waals surface area contributed by atoms with Crippen molar-refractivity contribution < 1.29 is 4.79 Å². The van der Waals surface area contributed by atoms with Gasteiger partial charge in [0.25, 0.3) is 0 Å². The molecule has 0 spiro atoms. The van der Waals surface area contributed by atoms with Crippen LogP contribution >= 0.6 is 24.0 Å². The quantitative estimate of drug-likeness (QED) is 0.305. The van der Waals surface area contributed by atoms with Crippen molar-refractivity contribution in [3.05, 3.63) is 29.8 Å². The zero-order valence-electron chi connectivity index (χ0n) is 17.6. The molecule has 3 N–H and O–H groups in total. The van der Waals surface area contributed by atoms with E-state index in [4.69, 9.17) is 0 Å². The number of aliphatic imine (C=N–C) groups is 1. The van der Waals surface area contributed by atoms with Gasteiger partial charge in [-0.3, -0.25) is 4.79 Å². The number of halogens is 1. The number of hydrogen-bond donors (Lipinski definition) is 3. The van der Waals surface area contributed by atoms with Crippen molar-refractivity contribution in [3.63, 3.8) is 0 Å². The number of rotatable bonds is 7. The van der Waals surface area contributed by atoms with E-state index in [2.05, 4.69) is 52.7 Å². The molecule has 1 fully saturated rings. The van der Waals surface area contributed by atoms with Gasteiger partial charge in [0.2, 0.25) is 5.91 Å². The summed E-state index contributed by atoms with van der Waals surface area (Å²) in [6.07, 6.45) is 3.14. The third kappa shape index (κ3) is 8.34. The molecule has 1 aromatic carbocycles. The van der Waals surface area contributed by atoms with Crippen LogP contribution in [0.4, 0.5) is 5.69 Å². The van der Waals surface area contributed by atoms with Crippen molar-refractivity contribution in [1.82, 2.24) is 15.5 Å². The molecule has 1 aliphatic heterocycles. The Kier molecular flexibility index (Phi) is 11.4. The van der Waals surface area contributed by atoms with Gasteiger partial charge in [-0.1, -0.05) is 19.1 Å². The highest BCUT2D eigenvalue weighted by molar-refractivity contribution is 14.0. The van der Waals surface area contributed by atoms with Gasteiger partial charge in [-0.05, 0) is 57.7 Å². The third-order valence-electron chi connectivity index (χ3n) is 4.94. The van der Waals surface area contributed by atoms with Crippen LogP contribution in [0.15, 0.2) is 29.3 Å². The molecule has 0 aliphatic carbocycles. The number of benzene rings is 1. The first-order valence-corrected chi connectivity index (χ1v) is 10.2. The van der Waals surface area contributed by atoms with Gasteiger partial charge in [-0.25, -0.2) is 4.99 Å². The maximum atomic E-state index is 12.3. The smallest absolute Gasteiger partial charge is 0.246 e. The van der Waals surface area contributed by atoms with E-state index in [1.165, 1.54) is 5.56 Å². The number of guanidine groups is 1. The highest BCUT2D eigenvalue weighted by atomic mass is 127. The molecule has 1 amide bonds. The molecule has 0 unspecified atom stereocenters. The van der Waals surface area contributed by atoms with Gasteiger partial charge in [0, 0.05) is 37.4 Å². The van der Waals surface area contributed by atoms with Gasteiger partial charge < -0.3 is 20.9 Å².